The highest BCUT2D eigenvalue weighted by Crippen LogP contribution is 2.52. The van der Waals surface area contributed by atoms with Gasteiger partial charge < -0.3 is 10.5 Å². The van der Waals surface area contributed by atoms with E-state index in [1.807, 2.05) is 0 Å². The first-order valence-electron chi connectivity index (χ1n) is 12.5. The van der Waals surface area contributed by atoms with E-state index in [4.69, 9.17) is 33.7 Å². The van der Waals surface area contributed by atoms with Gasteiger partial charge in [-0.2, -0.15) is 0 Å². The van der Waals surface area contributed by atoms with Crippen LogP contribution in [-0.2, 0) is 21.8 Å². The van der Waals surface area contributed by atoms with Crippen molar-refractivity contribution in [2.45, 2.75) is 25.1 Å². The van der Waals surface area contributed by atoms with Crippen molar-refractivity contribution in [3.8, 4) is 0 Å². The summed E-state index contributed by atoms with van der Waals surface area (Å²) in [5, 5.41) is 2.37. The maximum absolute atomic E-state index is 16.4. The summed E-state index contributed by atoms with van der Waals surface area (Å²) in [6, 6.07) is 12.2. The smallest absolute Gasteiger partial charge is 0.257 e. The molecule has 6 rings (SSSR count). The van der Waals surface area contributed by atoms with Gasteiger partial charge in [0.1, 0.15) is 11.5 Å². The van der Waals surface area contributed by atoms with E-state index in [0.717, 1.165) is 6.07 Å². The van der Waals surface area contributed by atoms with Crippen molar-refractivity contribution >= 4 is 52.1 Å². The number of nitrogens with two attached hydrogens (primary N) is 1. The quantitative estimate of drug-likeness (QED) is 0.255. The molecule has 1 aliphatic heterocycles. The fraction of sp³-hybridized carbons (Fsp3) is 0.207. The number of fused-ring (bicyclic) bond motifs is 1. The van der Waals surface area contributed by atoms with Gasteiger partial charge in [-0.3, -0.25) is 24.3 Å². The minimum atomic E-state index is -1.84. The van der Waals surface area contributed by atoms with Crippen LogP contribution >= 0.6 is 34.5 Å². The van der Waals surface area contributed by atoms with Gasteiger partial charge >= 0.3 is 0 Å². The van der Waals surface area contributed by atoms with Crippen LogP contribution in [0.2, 0.25) is 10.0 Å². The Morgan fingerprint density at radius 1 is 1.07 bits per heavy atom. The van der Waals surface area contributed by atoms with Gasteiger partial charge in [0.15, 0.2) is 5.72 Å². The van der Waals surface area contributed by atoms with Gasteiger partial charge in [-0.15, -0.1) is 11.3 Å². The van der Waals surface area contributed by atoms with E-state index in [-0.39, 0.29) is 35.5 Å². The molecule has 2 amide bonds. The van der Waals surface area contributed by atoms with Crippen LogP contribution in [-0.4, -0.2) is 39.1 Å². The SMILES string of the molecule is NC(=O)C1(COC2(c3ccc(Cl)cc3)c3c(F)cc(C(=O)c4cscn4)cc3C(=O)N2Cc2ccc(Cl)cn2)CC1. The highest BCUT2D eigenvalue weighted by Gasteiger charge is 2.58. The van der Waals surface area contributed by atoms with E-state index < -0.39 is 34.6 Å². The number of nitrogens with zero attached hydrogens (tertiary/aromatic N) is 3. The largest absolute Gasteiger partial charge is 0.369 e. The normalized spacial score (nSPS) is 18.8. The van der Waals surface area contributed by atoms with Crippen LogP contribution in [0.1, 0.15) is 56.1 Å². The van der Waals surface area contributed by atoms with Crippen LogP contribution in [0.3, 0.4) is 0 Å². The third kappa shape index (κ3) is 4.70. The molecule has 3 heterocycles. The number of carbonyl (C=O) groups is 3. The van der Waals surface area contributed by atoms with E-state index in [2.05, 4.69) is 9.97 Å². The van der Waals surface area contributed by atoms with Crippen LogP contribution < -0.4 is 5.73 Å². The number of hydrogen-bond donors (Lipinski definition) is 1. The molecule has 2 N–H and O–H groups in total. The Morgan fingerprint density at radius 3 is 2.41 bits per heavy atom. The minimum absolute atomic E-state index is 0.0345. The zero-order valence-electron chi connectivity index (χ0n) is 21.3. The lowest BCUT2D eigenvalue weighted by molar-refractivity contribution is -0.142. The van der Waals surface area contributed by atoms with Crippen molar-refractivity contribution in [1.29, 1.82) is 0 Å². The summed E-state index contributed by atoms with van der Waals surface area (Å²) in [4.78, 5) is 49.3. The summed E-state index contributed by atoms with van der Waals surface area (Å²) >= 11 is 13.4. The van der Waals surface area contributed by atoms with E-state index in [9.17, 15) is 14.4 Å². The second-order valence-electron chi connectivity index (χ2n) is 10.0. The Morgan fingerprint density at radius 2 is 1.80 bits per heavy atom. The zero-order chi connectivity index (χ0) is 28.9. The average Bonchev–Trinajstić information content (AvgIpc) is 3.48. The van der Waals surface area contributed by atoms with Gasteiger partial charge in [-0.05, 0) is 49.2 Å². The predicted octanol–water partition coefficient (Wildman–Crippen LogP) is 5.35. The second kappa shape index (κ2) is 10.3. The summed E-state index contributed by atoms with van der Waals surface area (Å²) in [6.45, 7) is -0.271. The number of amides is 2. The molecule has 1 fully saturated rings. The number of primary amides is 1. The molecule has 1 aliphatic carbocycles. The van der Waals surface area contributed by atoms with Crippen LogP contribution in [0.4, 0.5) is 4.39 Å². The van der Waals surface area contributed by atoms with Gasteiger partial charge in [-0.25, -0.2) is 9.37 Å². The maximum Gasteiger partial charge on any atom is 0.257 e. The fourth-order valence-corrected chi connectivity index (χ4v) is 5.83. The number of pyridine rings is 1. The molecule has 1 atom stereocenters. The Bertz CT molecular complexity index is 1680. The molecule has 2 aliphatic rings. The highest BCUT2D eigenvalue weighted by atomic mass is 35.5. The summed E-state index contributed by atoms with van der Waals surface area (Å²) in [5.74, 6) is -2.49. The van der Waals surface area contributed by atoms with E-state index in [1.54, 1.807) is 41.8 Å². The Hall–Kier alpha value is -3.70. The molecule has 1 saturated carbocycles. The molecule has 4 aromatic rings. The summed E-state index contributed by atoms with van der Waals surface area (Å²) in [5.41, 5.74) is 5.20. The molecule has 12 heteroatoms. The van der Waals surface area contributed by atoms with Crippen LogP contribution in [0, 0.1) is 11.2 Å². The van der Waals surface area contributed by atoms with E-state index >= 15 is 4.39 Å². The standard InChI is InChI=1S/C29H21Cl2FN4O4S/c30-18-3-1-17(2-4-18)29(40-14-28(7-8-28)27(33)39)24-21(26(38)36(29)12-20-6-5-19(31)11-34-20)9-16(10-22(24)32)25(37)23-13-41-15-35-23/h1-6,9-11,13,15H,7-8,12,14H2,(H2,33,39). The molecular weight excluding hydrogens is 590 g/mol. The molecule has 0 spiro atoms. The summed E-state index contributed by atoms with van der Waals surface area (Å²) < 4.78 is 22.9. The van der Waals surface area contributed by atoms with Crippen molar-refractivity contribution in [2.75, 3.05) is 6.61 Å². The first-order chi connectivity index (χ1) is 19.6. The van der Waals surface area contributed by atoms with Crippen molar-refractivity contribution < 1.29 is 23.5 Å². The Kier molecular flexibility index (Phi) is 6.89. The summed E-state index contributed by atoms with van der Waals surface area (Å²) in [7, 11) is 0. The number of ketones is 1. The van der Waals surface area contributed by atoms with Crippen molar-refractivity contribution in [1.82, 2.24) is 14.9 Å². The molecule has 1 unspecified atom stereocenters. The van der Waals surface area contributed by atoms with Gasteiger partial charge in [0, 0.05) is 27.7 Å². The number of halogens is 3. The lowest BCUT2D eigenvalue weighted by atomic mass is 9.90. The highest BCUT2D eigenvalue weighted by molar-refractivity contribution is 7.07. The van der Waals surface area contributed by atoms with Crippen LogP contribution in [0.5, 0.6) is 0 Å². The van der Waals surface area contributed by atoms with Crippen molar-refractivity contribution in [3.05, 3.63) is 115 Å². The number of carbonyl (C=O) groups excluding carboxylic acids is 3. The molecule has 0 radical (unpaired) electrons. The molecule has 0 bridgehead atoms. The fourth-order valence-electron chi connectivity index (χ4n) is 5.06. The lowest BCUT2D eigenvalue weighted by Crippen LogP contribution is -2.48. The molecule has 8 nitrogen and oxygen atoms in total. The maximum atomic E-state index is 16.4. The van der Waals surface area contributed by atoms with E-state index in [1.165, 1.54) is 34.0 Å². The number of ether oxygens (including phenoxy) is 1. The number of rotatable bonds is 9. The predicted molar refractivity (Wildman–Crippen MR) is 150 cm³/mol. The topological polar surface area (TPSA) is 115 Å². The van der Waals surface area contributed by atoms with Crippen molar-refractivity contribution in [2.24, 2.45) is 11.1 Å². The number of hydrogen-bond acceptors (Lipinski definition) is 7. The Labute approximate surface area is 247 Å². The average molecular weight is 611 g/mol. The molecule has 2 aromatic heterocycles. The molecule has 208 valence electrons. The van der Waals surface area contributed by atoms with Crippen LogP contribution in [0.25, 0.3) is 0 Å². The van der Waals surface area contributed by atoms with Gasteiger partial charge in [0.2, 0.25) is 11.7 Å². The first kappa shape index (κ1) is 27.5. The second-order valence-corrected chi connectivity index (χ2v) is 11.6. The van der Waals surface area contributed by atoms with E-state index in [0.29, 0.717) is 34.1 Å². The summed E-state index contributed by atoms with van der Waals surface area (Å²) in [6.07, 6.45) is 2.44. The molecule has 41 heavy (non-hydrogen) atoms. The molecular formula is C29H21Cl2FN4O4S. The molecule has 0 saturated heterocycles. The van der Waals surface area contributed by atoms with Gasteiger partial charge in [0.05, 0.1) is 45.9 Å². The number of thiazole rings is 1. The number of benzene rings is 2. The van der Waals surface area contributed by atoms with Gasteiger partial charge in [0.25, 0.3) is 5.91 Å². The molecule has 2 aromatic carbocycles. The zero-order valence-corrected chi connectivity index (χ0v) is 23.6. The van der Waals surface area contributed by atoms with Crippen LogP contribution in [0.15, 0.2) is 65.6 Å². The third-order valence-electron chi connectivity index (χ3n) is 7.49. The lowest BCUT2D eigenvalue weighted by Gasteiger charge is -2.40. The third-order valence-corrected chi connectivity index (χ3v) is 8.55. The number of aromatic nitrogens is 2. The van der Waals surface area contributed by atoms with Gasteiger partial charge in [-0.1, -0.05) is 35.3 Å². The minimum Gasteiger partial charge on any atom is -0.369 e. The Balaban J connectivity index is 1.56. The van der Waals surface area contributed by atoms with Crippen molar-refractivity contribution in [3.63, 3.8) is 0 Å². The first-order valence-corrected chi connectivity index (χ1v) is 14.2. The monoisotopic (exact) mass is 610 g/mol.